The highest BCUT2D eigenvalue weighted by molar-refractivity contribution is 5.58. The van der Waals surface area contributed by atoms with Crippen molar-refractivity contribution < 1.29 is 14.3 Å². The number of benzene rings is 3. The molecule has 28 heavy (non-hydrogen) atoms. The van der Waals surface area contributed by atoms with Gasteiger partial charge in [0, 0.05) is 31.1 Å². The number of rotatable bonds is 7. The smallest absolute Gasteiger partial charge is 0.159 e. The van der Waals surface area contributed by atoms with Crippen molar-refractivity contribution in [2.75, 3.05) is 27.3 Å². The topological polar surface area (TPSA) is 30.9 Å². The summed E-state index contributed by atoms with van der Waals surface area (Å²) in [6.07, 6.45) is 1.15. The largest absolute Gasteiger partial charge is 0.496 e. The molecule has 1 saturated heterocycles. The zero-order valence-electron chi connectivity index (χ0n) is 16.3. The van der Waals surface area contributed by atoms with Crippen molar-refractivity contribution in [3.8, 4) is 17.2 Å². The number of nitrogens with zero attached hydrogens (tertiary/aromatic N) is 1. The second-order valence-electron chi connectivity index (χ2n) is 6.87. The predicted molar refractivity (Wildman–Crippen MR) is 110 cm³/mol. The minimum Gasteiger partial charge on any atom is -0.496 e. The lowest BCUT2D eigenvalue weighted by Crippen LogP contribution is -2.40. The van der Waals surface area contributed by atoms with Gasteiger partial charge in [-0.25, -0.2) is 0 Å². The Kier molecular flexibility index (Phi) is 5.49. The zero-order chi connectivity index (χ0) is 19.3. The molecule has 1 fully saturated rings. The lowest BCUT2D eigenvalue weighted by atomic mass is 9.84. The molecule has 0 aliphatic carbocycles. The highest BCUT2D eigenvalue weighted by Gasteiger charge is 2.28. The SMILES string of the molecule is COc1cc(OC)c(C(c2ccccc2)c2ccccc2)c(ON2CCC2)c1. The Hall–Kier alpha value is -2.98. The Morgan fingerprint density at radius 3 is 1.79 bits per heavy atom. The molecule has 4 heteroatoms. The summed E-state index contributed by atoms with van der Waals surface area (Å²) >= 11 is 0. The standard InChI is InChI=1S/C24H25NO3/c1-26-20-16-21(27-2)24(22(17-20)28-25-14-9-15-25)23(18-10-5-3-6-11-18)19-12-7-4-8-13-19/h3-8,10-13,16-17,23H,9,14-15H2,1-2H3. The fraction of sp³-hybridized carbons (Fsp3) is 0.250. The molecule has 3 aromatic rings. The number of methoxy groups -OCH3 is 2. The van der Waals surface area contributed by atoms with Crippen molar-refractivity contribution in [3.05, 3.63) is 89.5 Å². The van der Waals surface area contributed by atoms with E-state index in [-0.39, 0.29) is 5.92 Å². The second-order valence-corrected chi connectivity index (χ2v) is 6.87. The van der Waals surface area contributed by atoms with E-state index in [1.54, 1.807) is 14.2 Å². The highest BCUT2D eigenvalue weighted by Crippen LogP contribution is 2.45. The van der Waals surface area contributed by atoms with E-state index in [0.717, 1.165) is 42.3 Å². The third kappa shape index (κ3) is 3.69. The van der Waals surface area contributed by atoms with Crippen LogP contribution >= 0.6 is 0 Å². The van der Waals surface area contributed by atoms with Gasteiger partial charge in [-0.15, -0.1) is 5.06 Å². The minimum atomic E-state index is -0.0143. The van der Waals surface area contributed by atoms with Crippen LogP contribution in [0.5, 0.6) is 17.2 Å². The molecule has 0 amide bonds. The van der Waals surface area contributed by atoms with Crippen LogP contribution in [0.4, 0.5) is 0 Å². The molecular weight excluding hydrogens is 350 g/mol. The van der Waals surface area contributed by atoms with E-state index in [9.17, 15) is 0 Å². The summed E-state index contributed by atoms with van der Waals surface area (Å²) < 4.78 is 11.3. The van der Waals surface area contributed by atoms with Gasteiger partial charge in [0.15, 0.2) is 5.75 Å². The van der Waals surface area contributed by atoms with Crippen molar-refractivity contribution in [2.24, 2.45) is 0 Å². The first-order chi connectivity index (χ1) is 13.8. The van der Waals surface area contributed by atoms with Crippen LogP contribution in [-0.4, -0.2) is 32.4 Å². The van der Waals surface area contributed by atoms with Gasteiger partial charge in [0.1, 0.15) is 11.5 Å². The summed E-state index contributed by atoms with van der Waals surface area (Å²) in [5, 5.41) is 1.98. The van der Waals surface area contributed by atoms with Crippen molar-refractivity contribution in [1.82, 2.24) is 5.06 Å². The number of hydrogen-bond donors (Lipinski definition) is 0. The molecule has 0 atom stereocenters. The Balaban J connectivity index is 1.91. The summed E-state index contributed by atoms with van der Waals surface area (Å²) in [7, 11) is 3.35. The second kappa shape index (κ2) is 8.36. The van der Waals surface area contributed by atoms with Crippen LogP contribution in [0.15, 0.2) is 72.8 Å². The van der Waals surface area contributed by atoms with Crippen LogP contribution in [0.25, 0.3) is 0 Å². The molecule has 1 aliphatic heterocycles. The van der Waals surface area contributed by atoms with Crippen LogP contribution in [0.3, 0.4) is 0 Å². The van der Waals surface area contributed by atoms with Crippen molar-refractivity contribution in [1.29, 1.82) is 0 Å². The summed E-state index contributed by atoms with van der Waals surface area (Å²) in [6, 6.07) is 24.8. The fourth-order valence-electron chi connectivity index (χ4n) is 3.56. The van der Waals surface area contributed by atoms with Crippen LogP contribution in [0.1, 0.15) is 29.0 Å². The summed E-state index contributed by atoms with van der Waals surface area (Å²) in [5.74, 6) is 2.23. The molecule has 4 rings (SSSR count). The molecule has 1 aliphatic rings. The molecule has 4 nitrogen and oxygen atoms in total. The van der Waals surface area contributed by atoms with Crippen molar-refractivity contribution >= 4 is 0 Å². The fourth-order valence-corrected chi connectivity index (χ4v) is 3.56. The molecule has 144 valence electrons. The predicted octanol–water partition coefficient (Wildman–Crippen LogP) is 4.88. The number of hydroxylamine groups is 2. The zero-order valence-corrected chi connectivity index (χ0v) is 16.3. The first kappa shape index (κ1) is 18.4. The molecule has 0 unspecified atom stereocenters. The number of hydrogen-bond acceptors (Lipinski definition) is 4. The number of ether oxygens (including phenoxy) is 2. The minimum absolute atomic E-state index is 0.0143. The molecule has 1 heterocycles. The maximum Gasteiger partial charge on any atom is 0.159 e. The van der Waals surface area contributed by atoms with Crippen molar-refractivity contribution in [2.45, 2.75) is 12.3 Å². The van der Waals surface area contributed by atoms with Gasteiger partial charge in [-0.05, 0) is 17.5 Å². The average Bonchev–Trinajstić information content (AvgIpc) is 2.73. The third-order valence-electron chi connectivity index (χ3n) is 5.13. The van der Waals surface area contributed by atoms with E-state index in [2.05, 4.69) is 48.5 Å². The Bertz CT molecular complexity index is 868. The molecule has 0 aromatic heterocycles. The molecule has 0 radical (unpaired) electrons. The molecular formula is C24H25NO3. The van der Waals surface area contributed by atoms with Gasteiger partial charge in [-0.3, -0.25) is 0 Å². The van der Waals surface area contributed by atoms with E-state index in [4.69, 9.17) is 14.3 Å². The first-order valence-corrected chi connectivity index (χ1v) is 9.59. The summed E-state index contributed by atoms with van der Waals surface area (Å²) in [4.78, 5) is 6.26. The van der Waals surface area contributed by atoms with Crippen molar-refractivity contribution in [3.63, 3.8) is 0 Å². The average molecular weight is 375 g/mol. The Labute approximate surface area is 166 Å². The van der Waals surface area contributed by atoms with Crippen LogP contribution in [0, 0.1) is 0 Å². The summed E-state index contributed by atoms with van der Waals surface area (Å²) in [5.41, 5.74) is 3.38. The maximum atomic E-state index is 6.26. The first-order valence-electron chi connectivity index (χ1n) is 9.59. The van der Waals surface area contributed by atoms with Crippen LogP contribution in [-0.2, 0) is 0 Å². The van der Waals surface area contributed by atoms with E-state index in [1.165, 1.54) is 11.1 Å². The van der Waals surface area contributed by atoms with E-state index >= 15 is 0 Å². The van der Waals surface area contributed by atoms with E-state index in [1.807, 2.05) is 29.3 Å². The molecule has 0 spiro atoms. The van der Waals surface area contributed by atoms with E-state index in [0.29, 0.717) is 0 Å². The van der Waals surface area contributed by atoms with Gasteiger partial charge in [-0.1, -0.05) is 60.7 Å². The Morgan fingerprint density at radius 1 is 0.750 bits per heavy atom. The highest BCUT2D eigenvalue weighted by atomic mass is 16.7. The monoisotopic (exact) mass is 375 g/mol. The van der Waals surface area contributed by atoms with Gasteiger partial charge in [0.2, 0.25) is 0 Å². The van der Waals surface area contributed by atoms with Crippen LogP contribution < -0.4 is 14.3 Å². The molecule has 0 N–H and O–H groups in total. The maximum absolute atomic E-state index is 6.26. The van der Waals surface area contributed by atoms with Gasteiger partial charge < -0.3 is 14.3 Å². The summed E-state index contributed by atoms with van der Waals surface area (Å²) in [6.45, 7) is 1.86. The lowest BCUT2D eigenvalue weighted by molar-refractivity contribution is -0.108. The van der Waals surface area contributed by atoms with Gasteiger partial charge in [0.25, 0.3) is 0 Å². The molecule has 0 saturated carbocycles. The van der Waals surface area contributed by atoms with Gasteiger partial charge in [-0.2, -0.15) is 0 Å². The quantitative estimate of drug-likeness (QED) is 0.551. The third-order valence-corrected chi connectivity index (χ3v) is 5.13. The Morgan fingerprint density at radius 2 is 1.32 bits per heavy atom. The normalized spacial score (nSPS) is 13.8. The van der Waals surface area contributed by atoms with E-state index < -0.39 is 0 Å². The lowest BCUT2D eigenvalue weighted by Gasteiger charge is -2.32. The molecule has 0 bridgehead atoms. The molecule has 3 aromatic carbocycles. The van der Waals surface area contributed by atoms with Gasteiger partial charge in [0.05, 0.1) is 19.8 Å². The van der Waals surface area contributed by atoms with Crippen LogP contribution in [0.2, 0.25) is 0 Å². The van der Waals surface area contributed by atoms with Gasteiger partial charge >= 0.3 is 0 Å².